The molecule has 2 rings (SSSR count). The summed E-state index contributed by atoms with van der Waals surface area (Å²) in [6.07, 6.45) is -1.25. The van der Waals surface area contributed by atoms with E-state index >= 15 is 0 Å². The van der Waals surface area contributed by atoms with Crippen molar-refractivity contribution in [1.82, 2.24) is 10.1 Å². The minimum atomic E-state index is -1.25. The maximum absolute atomic E-state index is 13.6. The van der Waals surface area contributed by atoms with Crippen LogP contribution >= 0.6 is 0 Å². The van der Waals surface area contributed by atoms with Crippen LogP contribution in [0.1, 0.15) is 17.4 Å². The van der Waals surface area contributed by atoms with Crippen LogP contribution in [0.4, 0.5) is 14.6 Å². The summed E-state index contributed by atoms with van der Waals surface area (Å²) in [5.41, 5.74) is -0.149. The van der Waals surface area contributed by atoms with Gasteiger partial charge in [0.15, 0.2) is 5.82 Å². The van der Waals surface area contributed by atoms with Gasteiger partial charge in [0.05, 0.1) is 12.6 Å². The third kappa shape index (κ3) is 4.83. The highest BCUT2D eigenvalue weighted by Gasteiger charge is 2.17. The SMILES string of the molecule is Cc1cc(NC(=O)CN(C)CC(O)c2cc(F)ccc2F)no1. The highest BCUT2D eigenvalue weighted by molar-refractivity contribution is 5.91. The Bertz CT molecular complexity index is 690. The van der Waals surface area contributed by atoms with E-state index < -0.39 is 17.7 Å². The van der Waals surface area contributed by atoms with Crippen LogP contribution in [0.5, 0.6) is 0 Å². The zero-order chi connectivity index (χ0) is 17.0. The van der Waals surface area contributed by atoms with Crippen molar-refractivity contribution in [3.8, 4) is 0 Å². The largest absolute Gasteiger partial charge is 0.387 e. The predicted octanol–water partition coefficient (Wildman–Crippen LogP) is 1.87. The lowest BCUT2D eigenvalue weighted by atomic mass is 10.1. The second kappa shape index (κ2) is 7.30. The average Bonchev–Trinajstić information content (AvgIpc) is 2.86. The van der Waals surface area contributed by atoms with E-state index in [-0.39, 0.29) is 30.4 Å². The number of hydrogen-bond donors (Lipinski definition) is 2. The van der Waals surface area contributed by atoms with E-state index in [0.717, 1.165) is 18.2 Å². The number of halogens is 2. The van der Waals surface area contributed by atoms with Crippen LogP contribution in [-0.4, -0.2) is 41.2 Å². The molecule has 1 heterocycles. The highest BCUT2D eigenvalue weighted by Crippen LogP contribution is 2.19. The molecule has 0 aliphatic heterocycles. The maximum Gasteiger partial charge on any atom is 0.239 e. The Morgan fingerprint density at radius 3 is 2.83 bits per heavy atom. The second-order valence-electron chi connectivity index (χ2n) is 5.25. The molecule has 124 valence electrons. The van der Waals surface area contributed by atoms with Gasteiger partial charge in [0.1, 0.15) is 17.4 Å². The lowest BCUT2D eigenvalue weighted by Crippen LogP contribution is -2.33. The molecule has 0 saturated carbocycles. The van der Waals surface area contributed by atoms with E-state index in [4.69, 9.17) is 4.52 Å². The number of amides is 1. The Labute approximate surface area is 131 Å². The number of hydrogen-bond acceptors (Lipinski definition) is 5. The zero-order valence-corrected chi connectivity index (χ0v) is 12.7. The van der Waals surface area contributed by atoms with Crippen molar-refractivity contribution in [2.75, 3.05) is 25.5 Å². The Kier molecular flexibility index (Phi) is 5.41. The number of anilines is 1. The molecule has 1 amide bonds. The minimum Gasteiger partial charge on any atom is -0.387 e. The molecular formula is C15H17F2N3O3. The lowest BCUT2D eigenvalue weighted by molar-refractivity contribution is -0.117. The first kappa shape index (κ1) is 17.0. The van der Waals surface area contributed by atoms with Crippen LogP contribution in [0, 0.1) is 18.6 Å². The van der Waals surface area contributed by atoms with Gasteiger partial charge in [0.2, 0.25) is 5.91 Å². The van der Waals surface area contributed by atoms with Crippen molar-refractivity contribution < 1.29 is 23.2 Å². The standard InChI is InChI=1S/C15H17F2N3O3/c1-9-5-14(19-23-9)18-15(22)8-20(2)7-13(21)11-6-10(16)3-4-12(11)17/h3-6,13,21H,7-8H2,1-2H3,(H,18,19,22). The molecule has 1 aromatic heterocycles. The summed E-state index contributed by atoms with van der Waals surface area (Å²) in [5, 5.41) is 16.1. The number of benzene rings is 1. The Balaban J connectivity index is 1.89. The molecule has 0 spiro atoms. The van der Waals surface area contributed by atoms with Gasteiger partial charge in [-0.3, -0.25) is 9.69 Å². The molecule has 1 unspecified atom stereocenters. The average molecular weight is 325 g/mol. The van der Waals surface area contributed by atoms with Crippen molar-refractivity contribution in [3.63, 3.8) is 0 Å². The van der Waals surface area contributed by atoms with Gasteiger partial charge in [-0.15, -0.1) is 0 Å². The summed E-state index contributed by atoms with van der Waals surface area (Å²) in [4.78, 5) is 13.3. The van der Waals surface area contributed by atoms with Crippen molar-refractivity contribution >= 4 is 11.7 Å². The number of nitrogens with zero attached hydrogens (tertiary/aromatic N) is 2. The summed E-state index contributed by atoms with van der Waals surface area (Å²) in [6, 6.07) is 4.43. The molecule has 0 saturated heterocycles. The Morgan fingerprint density at radius 2 is 2.17 bits per heavy atom. The number of aromatic nitrogens is 1. The van der Waals surface area contributed by atoms with Crippen LogP contribution in [0.3, 0.4) is 0 Å². The molecule has 1 atom stereocenters. The monoisotopic (exact) mass is 325 g/mol. The van der Waals surface area contributed by atoms with E-state index in [1.165, 1.54) is 4.90 Å². The molecule has 6 nitrogen and oxygen atoms in total. The fourth-order valence-corrected chi connectivity index (χ4v) is 2.08. The van der Waals surface area contributed by atoms with Crippen LogP contribution in [-0.2, 0) is 4.79 Å². The second-order valence-corrected chi connectivity index (χ2v) is 5.25. The molecular weight excluding hydrogens is 308 g/mol. The number of aliphatic hydroxyl groups excluding tert-OH is 1. The molecule has 0 radical (unpaired) electrons. The summed E-state index contributed by atoms with van der Waals surface area (Å²) in [6.45, 7) is 1.60. The first-order valence-electron chi connectivity index (χ1n) is 6.90. The quantitative estimate of drug-likeness (QED) is 0.848. The van der Waals surface area contributed by atoms with Crippen LogP contribution in [0.15, 0.2) is 28.8 Å². The third-order valence-electron chi connectivity index (χ3n) is 3.11. The lowest BCUT2D eigenvalue weighted by Gasteiger charge is -2.20. The number of aliphatic hydroxyl groups is 1. The number of carbonyl (C=O) groups is 1. The highest BCUT2D eigenvalue weighted by atomic mass is 19.1. The van der Waals surface area contributed by atoms with E-state index in [9.17, 15) is 18.7 Å². The van der Waals surface area contributed by atoms with Gasteiger partial charge in [-0.05, 0) is 32.2 Å². The van der Waals surface area contributed by atoms with Crippen molar-refractivity contribution in [1.29, 1.82) is 0 Å². The van der Waals surface area contributed by atoms with Gasteiger partial charge in [0.25, 0.3) is 0 Å². The molecule has 2 aromatic rings. The number of aryl methyl sites for hydroxylation is 1. The number of carbonyl (C=O) groups excluding carboxylic acids is 1. The molecule has 2 N–H and O–H groups in total. The molecule has 0 aliphatic carbocycles. The van der Waals surface area contributed by atoms with E-state index in [0.29, 0.717) is 5.76 Å². The maximum atomic E-state index is 13.6. The summed E-state index contributed by atoms with van der Waals surface area (Å²) >= 11 is 0. The van der Waals surface area contributed by atoms with Crippen LogP contribution in [0.25, 0.3) is 0 Å². The first-order chi connectivity index (χ1) is 10.8. The summed E-state index contributed by atoms with van der Waals surface area (Å²) in [7, 11) is 1.58. The van der Waals surface area contributed by atoms with Gasteiger partial charge >= 0.3 is 0 Å². The van der Waals surface area contributed by atoms with Crippen molar-refractivity contribution in [2.45, 2.75) is 13.0 Å². The van der Waals surface area contributed by atoms with Gasteiger partial charge in [-0.1, -0.05) is 5.16 Å². The summed E-state index contributed by atoms with van der Waals surface area (Å²) < 4.78 is 31.5. The van der Waals surface area contributed by atoms with Gasteiger partial charge in [0, 0.05) is 18.2 Å². The normalized spacial score (nSPS) is 12.4. The van der Waals surface area contributed by atoms with Crippen LogP contribution in [0.2, 0.25) is 0 Å². The molecule has 0 bridgehead atoms. The first-order valence-corrected chi connectivity index (χ1v) is 6.90. The fraction of sp³-hybridized carbons (Fsp3) is 0.333. The van der Waals surface area contributed by atoms with Gasteiger partial charge in [-0.25, -0.2) is 8.78 Å². The van der Waals surface area contributed by atoms with E-state index in [1.54, 1.807) is 20.0 Å². The topological polar surface area (TPSA) is 78.6 Å². The third-order valence-corrected chi connectivity index (χ3v) is 3.11. The Hall–Kier alpha value is -2.32. The number of likely N-dealkylation sites (N-methyl/N-ethyl adjacent to an activating group) is 1. The molecule has 0 aliphatic rings. The summed E-state index contributed by atoms with van der Waals surface area (Å²) in [5.74, 6) is -0.854. The molecule has 0 fully saturated rings. The smallest absolute Gasteiger partial charge is 0.239 e. The van der Waals surface area contributed by atoms with E-state index in [2.05, 4.69) is 10.5 Å². The fourth-order valence-electron chi connectivity index (χ4n) is 2.08. The molecule has 23 heavy (non-hydrogen) atoms. The molecule has 1 aromatic carbocycles. The van der Waals surface area contributed by atoms with Crippen molar-refractivity contribution in [3.05, 3.63) is 47.2 Å². The van der Waals surface area contributed by atoms with Gasteiger partial charge in [-0.2, -0.15) is 0 Å². The van der Waals surface area contributed by atoms with Gasteiger partial charge < -0.3 is 14.9 Å². The Morgan fingerprint density at radius 1 is 1.43 bits per heavy atom. The van der Waals surface area contributed by atoms with Crippen molar-refractivity contribution in [2.24, 2.45) is 0 Å². The zero-order valence-electron chi connectivity index (χ0n) is 12.7. The number of rotatable bonds is 6. The molecule has 8 heteroatoms. The minimum absolute atomic E-state index is 0.0361. The predicted molar refractivity (Wildman–Crippen MR) is 78.7 cm³/mol. The van der Waals surface area contributed by atoms with Crippen LogP contribution < -0.4 is 5.32 Å². The number of nitrogens with one attached hydrogen (secondary N) is 1. The van der Waals surface area contributed by atoms with E-state index in [1.807, 2.05) is 0 Å².